The minimum absolute atomic E-state index is 0.0484. The number of amides is 1. The first-order chi connectivity index (χ1) is 10.2. The van der Waals surface area contributed by atoms with Gasteiger partial charge in [0.25, 0.3) is 5.91 Å². The van der Waals surface area contributed by atoms with Gasteiger partial charge in [0.15, 0.2) is 0 Å². The molecule has 0 saturated heterocycles. The molecule has 0 aliphatic carbocycles. The Labute approximate surface area is 125 Å². The molecule has 0 fully saturated rings. The average Bonchev–Trinajstić information content (AvgIpc) is 2.54. The lowest BCUT2D eigenvalue weighted by molar-refractivity contribution is 0.0935. The van der Waals surface area contributed by atoms with E-state index >= 15 is 0 Å². The summed E-state index contributed by atoms with van der Waals surface area (Å²) in [7, 11) is 0. The van der Waals surface area contributed by atoms with E-state index in [9.17, 15) is 4.79 Å². The van der Waals surface area contributed by atoms with Gasteiger partial charge in [-0.05, 0) is 31.0 Å². The first-order valence-corrected chi connectivity index (χ1v) is 7.27. The summed E-state index contributed by atoms with van der Waals surface area (Å²) in [4.78, 5) is 16.6. The van der Waals surface area contributed by atoms with Crippen molar-refractivity contribution in [2.45, 2.75) is 26.3 Å². The predicted octanol–water partition coefficient (Wildman–Crippen LogP) is 3.39. The minimum Gasteiger partial charge on any atom is -0.370 e. The number of nitrogens with zero attached hydrogens (tertiary/aromatic N) is 1. The zero-order valence-corrected chi connectivity index (χ0v) is 12.5. The van der Waals surface area contributed by atoms with Gasteiger partial charge >= 0.3 is 0 Å². The van der Waals surface area contributed by atoms with Gasteiger partial charge in [-0.25, -0.2) is 4.98 Å². The van der Waals surface area contributed by atoms with Gasteiger partial charge in [-0.3, -0.25) is 4.79 Å². The Morgan fingerprint density at radius 2 is 1.90 bits per heavy atom. The molecule has 2 aromatic rings. The van der Waals surface area contributed by atoms with Crippen molar-refractivity contribution in [3.8, 4) is 0 Å². The van der Waals surface area contributed by atoms with Crippen molar-refractivity contribution in [2.24, 2.45) is 0 Å². The molecule has 0 spiro atoms. The molecular formula is C17H21N3O. The molecule has 0 bridgehead atoms. The third-order valence-electron chi connectivity index (χ3n) is 3.19. The summed E-state index contributed by atoms with van der Waals surface area (Å²) in [5, 5.41) is 6.15. The second-order valence-corrected chi connectivity index (χ2v) is 4.94. The fourth-order valence-electron chi connectivity index (χ4n) is 2.01. The lowest BCUT2D eigenvalue weighted by atomic mass is 10.1. The molecule has 0 saturated carbocycles. The zero-order valence-electron chi connectivity index (χ0n) is 12.5. The quantitative estimate of drug-likeness (QED) is 0.854. The van der Waals surface area contributed by atoms with Crippen molar-refractivity contribution in [1.29, 1.82) is 0 Å². The maximum Gasteiger partial charge on any atom is 0.270 e. The van der Waals surface area contributed by atoms with Crippen molar-refractivity contribution >= 4 is 11.7 Å². The number of pyridine rings is 1. The van der Waals surface area contributed by atoms with Crippen molar-refractivity contribution in [3.05, 3.63) is 59.8 Å². The van der Waals surface area contributed by atoms with Gasteiger partial charge in [-0.1, -0.05) is 43.3 Å². The summed E-state index contributed by atoms with van der Waals surface area (Å²) in [6.45, 7) is 4.90. The number of nitrogens with one attached hydrogen (secondary N) is 2. The summed E-state index contributed by atoms with van der Waals surface area (Å²) in [5.41, 5.74) is 1.50. The standard InChI is InChI=1S/C17H21N3O/c1-3-12-18-16-11-7-10-15(20-16)17(21)19-13(2)14-8-5-4-6-9-14/h4-11,13H,3,12H2,1-2H3,(H,18,20)(H,19,21). The van der Waals surface area contributed by atoms with E-state index < -0.39 is 0 Å². The summed E-state index contributed by atoms with van der Waals surface area (Å²) < 4.78 is 0. The summed E-state index contributed by atoms with van der Waals surface area (Å²) in [5.74, 6) is 0.573. The topological polar surface area (TPSA) is 54.0 Å². The molecule has 1 aromatic carbocycles. The molecule has 4 heteroatoms. The van der Waals surface area contributed by atoms with Gasteiger partial charge in [0.05, 0.1) is 6.04 Å². The molecule has 1 aromatic heterocycles. The normalized spacial score (nSPS) is 11.7. The Morgan fingerprint density at radius 3 is 2.62 bits per heavy atom. The van der Waals surface area contributed by atoms with E-state index in [1.54, 1.807) is 6.07 Å². The number of hydrogen-bond acceptors (Lipinski definition) is 3. The van der Waals surface area contributed by atoms with Crippen LogP contribution in [0.1, 0.15) is 42.4 Å². The van der Waals surface area contributed by atoms with Crippen LogP contribution in [0.15, 0.2) is 48.5 Å². The Hall–Kier alpha value is -2.36. The molecule has 1 amide bonds. The van der Waals surface area contributed by atoms with Crippen LogP contribution < -0.4 is 10.6 Å². The van der Waals surface area contributed by atoms with E-state index in [0.717, 1.165) is 24.3 Å². The highest BCUT2D eigenvalue weighted by molar-refractivity contribution is 5.92. The van der Waals surface area contributed by atoms with Crippen LogP contribution in [-0.2, 0) is 0 Å². The largest absolute Gasteiger partial charge is 0.370 e. The van der Waals surface area contributed by atoms with Crippen LogP contribution in [0, 0.1) is 0 Å². The monoisotopic (exact) mass is 283 g/mol. The number of hydrogen-bond donors (Lipinski definition) is 2. The maximum absolute atomic E-state index is 12.3. The number of aromatic nitrogens is 1. The van der Waals surface area contributed by atoms with Gasteiger partial charge in [-0.15, -0.1) is 0 Å². The molecule has 1 heterocycles. The molecule has 1 atom stereocenters. The van der Waals surface area contributed by atoms with E-state index in [1.165, 1.54) is 0 Å². The van der Waals surface area contributed by atoms with Gasteiger partial charge in [0.1, 0.15) is 11.5 Å². The van der Waals surface area contributed by atoms with E-state index in [1.807, 2.05) is 49.4 Å². The Morgan fingerprint density at radius 1 is 1.14 bits per heavy atom. The molecule has 110 valence electrons. The van der Waals surface area contributed by atoms with Crippen molar-refractivity contribution in [2.75, 3.05) is 11.9 Å². The van der Waals surface area contributed by atoms with Crippen molar-refractivity contribution in [1.82, 2.24) is 10.3 Å². The second kappa shape index (κ2) is 7.43. The van der Waals surface area contributed by atoms with E-state index in [0.29, 0.717) is 5.69 Å². The van der Waals surface area contributed by atoms with Crippen molar-refractivity contribution in [3.63, 3.8) is 0 Å². The molecular weight excluding hydrogens is 262 g/mol. The fraction of sp³-hybridized carbons (Fsp3) is 0.294. The highest BCUT2D eigenvalue weighted by atomic mass is 16.1. The van der Waals surface area contributed by atoms with Crippen LogP contribution in [0.25, 0.3) is 0 Å². The Bertz CT molecular complexity index is 584. The smallest absolute Gasteiger partial charge is 0.270 e. The minimum atomic E-state index is -0.161. The highest BCUT2D eigenvalue weighted by Gasteiger charge is 2.12. The van der Waals surface area contributed by atoms with E-state index in [-0.39, 0.29) is 11.9 Å². The molecule has 2 N–H and O–H groups in total. The van der Waals surface area contributed by atoms with Crippen LogP contribution in [0.5, 0.6) is 0 Å². The summed E-state index contributed by atoms with van der Waals surface area (Å²) in [6, 6.07) is 15.3. The third-order valence-corrected chi connectivity index (χ3v) is 3.19. The van der Waals surface area contributed by atoms with Gasteiger partial charge < -0.3 is 10.6 Å². The number of anilines is 1. The lowest BCUT2D eigenvalue weighted by Gasteiger charge is -2.14. The number of rotatable bonds is 6. The molecule has 0 aliphatic rings. The Kier molecular flexibility index (Phi) is 5.32. The number of carbonyl (C=O) groups is 1. The first-order valence-electron chi connectivity index (χ1n) is 7.27. The molecule has 2 rings (SSSR count). The molecule has 21 heavy (non-hydrogen) atoms. The van der Waals surface area contributed by atoms with Crippen LogP contribution in [0.3, 0.4) is 0 Å². The molecule has 0 aliphatic heterocycles. The van der Waals surface area contributed by atoms with Crippen LogP contribution in [-0.4, -0.2) is 17.4 Å². The third kappa shape index (κ3) is 4.31. The summed E-state index contributed by atoms with van der Waals surface area (Å²) in [6.07, 6.45) is 1.02. The second-order valence-electron chi connectivity index (χ2n) is 4.94. The van der Waals surface area contributed by atoms with Crippen LogP contribution >= 0.6 is 0 Å². The van der Waals surface area contributed by atoms with Crippen LogP contribution in [0.2, 0.25) is 0 Å². The summed E-state index contributed by atoms with van der Waals surface area (Å²) >= 11 is 0. The molecule has 0 radical (unpaired) electrons. The Balaban J connectivity index is 2.03. The van der Waals surface area contributed by atoms with E-state index in [4.69, 9.17) is 0 Å². The van der Waals surface area contributed by atoms with Gasteiger partial charge in [0.2, 0.25) is 0 Å². The fourth-order valence-corrected chi connectivity index (χ4v) is 2.01. The highest BCUT2D eigenvalue weighted by Crippen LogP contribution is 2.12. The first kappa shape index (κ1) is 15.0. The number of benzene rings is 1. The molecule has 4 nitrogen and oxygen atoms in total. The molecule has 1 unspecified atom stereocenters. The zero-order chi connectivity index (χ0) is 15.1. The van der Waals surface area contributed by atoms with Gasteiger partial charge in [-0.2, -0.15) is 0 Å². The maximum atomic E-state index is 12.3. The number of carbonyl (C=O) groups excluding carboxylic acids is 1. The van der Waals surface area contributed by atoms with Gasteiger partial charge in [0, 0.05) is 6.54 Å². The lowest BCUT2D eigenvalue weighted by Crippen LogP contribution is -2.27. The van der Waals surface area contributed by atoms with E-state index in [2.05, 4.69) is 22.5 Å². The average molecular weight is 283 g/mol. The van der Waals surface area contributed by atoms with Crippen LogP contribution in [0.4, 0.5) is 5.82 Å². The SMILES string of the molecule is CCCNc1cccc(C(=O)NC(C)c2ccccc2)n1. The van der Waals surface area contributed by atoms with Crippen molar-refractivity contribution < 1.29 is 4.79 Å². The predicted molar refractivity (Wildman–Crippen MR) is 85.3 cm³/mol.